The van der Waals surface area contributed by atoms with Crippen LogP contribution in [0.25, 0.3) is 11.0 Å². The van der Waals surface area contributed by atoms with E-state index in [2.05, 4.69) is 67.9 Å². The molecule has 354 valence electrons. The number of anilines is 2. The number of pyridine rings is 1. The van der Waals surface area contributed by atoms with Gasteiger partial charge in [0.2, 0.25) is 0 Å². The fourth-order valence-corrected chi connectivity index (χ4v) is 12.0. The number of aliphatic hydroxyl groups is 1. The number of H-pyrrole nitrogens is 1. The molecule has 2 aliphatic carbocycles. The number of ether oxygens (including phenoxy) is 1. The van der Waals surface area contributed by atoms with Crippen LogP contribution in [-0.4, -0.2) is 89.5 Å². The number of aromatic amines is 1. The van der Waals surface area contributed by atoms with Crippen LogP contribution < -0.4 is 25.4 Å². The fourth-order valence-electron chi connectivity index (χ4n) is 11.0. The van der Waals surface area contributed by atoms with Crippen molar-refractivity contribution in [1.82, 2.24) is 19.6 Å². The van der Waals surface area contributed by atoms with Crippen molar-refractivity contribution in [2.45, 2.75) is 107 Å². The number of benzene rings is 3. The average molecular weight is 933 g/mol. The molecule has 2 aliphatic heterocycles. The summed E-state index contributed by atoms with van der Waals surface area (Å²) in [6.07, 6.45) is 9.99. The van der Waals surface area contributed by atoms with Crippen molar-refractivity contribution in [2.24, 2.45) is 17.1 Å². The topological polar surface area (TPSA) is 226 Å². The Morgan fingerprint density at radius 1 is 0.985 bits per heavy atom. The number of rotatable bonds is 14. The highest BCUT2D eigenvalue weighted by Gasteiger charge is 2.49. The standard InChI is InChI=1S/C50H60N8O8S/c1-31(2)36-7-4-5-8-37(36)38-9-6-10-41(38)57-29-50(30-57)20-23-56(24-21-50)34-11-13-39(43(26-34)66-44-25-33-17-22-52-47(33)54-45(44)46(51)59)48(60)55-67(64,65)35-12-14-40(42(27-35)58(62)63)53-28-32-15-18-49(3,61)19-16-32/h4-5,7-8,11-14,17,22,25-27,31-32,38,41,53,61H,6,9-10,15-16,18-21,23-24,28-30H2,1-3H3,(H2,51,59)(H,52,54)(H,55,60)/t32-,38-,41-,49-/m0/s1. The van der Waals surface area contributed by atoms with Crippen molar-refractivity contribution < 1.29 is 32.8 Å². The molecule has 9 rings (SSSR count). The summed E-state index contributed by atoms with van der Waals surface area (Å²) >= 11 is 0. The molecule has 0 bridgehead atoms. The molecule has 4 heterocycles. The zero-order chi connectivity index (χ0) is 47.3. The van der Waals surface area contributed by atoms with E-state index < -0.39 is 42.9 Å². The van der Waals surface area contributed by atoms with Crippen LogP contribution in [0, 0.1) is 21.4 Å². The quantitative estimate of drug-likeness (QED) is 0.0525. The first kappa shape index (κ1) is 46.1. The molecule has 16 nitrogen and oxygen atoms in total. The molecule has 2 saturated heterocycles. The van der Waals surface area contributed by atoms with Crippen LogP contribution in [0.15, 0.2) is 83.9 Å². The zero-order valence-electron chi connectivity index (χ0n) is 38.3. The van der Waals surface area contributed by atoms with Gasteiger partial charge in [0.25, 0.3) is 27.5 Å². The summed E-state index contributed by atoms with van der Waals surface area (Å²) in [5.41, 5.74) is 8.66. The summed E-state index contributed by atoms with van der Waals surface area (Å²) in [5, 5.41) is 26.2. The summed E-state index contributed by atoms with van der Waals surface area (Å²) in [6.45, 7) is 10.4. The molecule has 0 radical (unpaired) electrons. The largest absolute Gasteiger partial charge is 0.454 e. The van der Waals surface area contributed by atoms with Crippen molar-refractivity contribution in [3.05, 3.63) is 111 Å². The van der Waals surface area contributed by atoms with Crippen molar-refractivity contribution >= 4 is 49.9 Å². The summed E-state index contributed by atoms with van der Waals surface area (Å²) in [6, 6.07) is 21.1. The number of likely N-dealkylation sites (tertiary alicyclic amines) is 1. The minimum atomic E-state index is -4.66. The first-order valence-corrected chi connectivity index (χ1v) is 25.0. The van der Waals surface area contributed by atoms with Gasteiger partial charge in [0, 0.05) is 68.2 Å². The maximum Gasteiger partial charge on any atom is 0.293 e. The molecule has 2 aromatic heterocycles. The maximum atomic E-state index is 14.1. The van der Waals surface area contributed by atoms with Crippen LogP contribution in [0.4, 0.5) is 17.1 Å². The van der Waals surface area contributed by atoms with E-state index in [9.17, 15) is 33.2 Å². The number of sulfonamides is 1. The van der Waals surface area contributed by atoms with Crippen LogP contribution in [0.3, 0.4) is 0 Å². The van der Waals surface area contributed by atoms with Crippen LogP contribution in [0.2, 0.25) is 0 Å². The van der Waals surface area contributed by atoms with E-state index in [0.29, 0.717) is 48.3 Å². The minimum absolute atomic E-state index is 0.0284. The van der Waals surface area contributed by atoms with Crippen LogP contribution >= 0.6 is 0 Å². The van der Waals surface area contributed by atoms with Gasteiger partial charge < -0.3 is 30.8 Å². The number of nitro groups is 1. The molecule has 17 heteroatoms. The summed E-state index contributed by atoms with van der Waals surface area (Å²) in [5.74, 6) is -0.785. The van der Waals surface area contributed by atoms with Gasteiger partial charge in [-0.2, -0.15) is 0 Å². The summed E-state index contributed by atoms with van der Waals surface area (Å²) in [7, 11) is -4.66. The number of primary amides is 1. The average Bonchev–Trinajstić information content (AvgIpc) is 3.97. The van der Waals surface area contributed by atoms with Crippen molar-refractivity contribution in [3.63, 3.8) is 0 Å². The number of nitrogens with one attached hydrogen (secondary N) is 3. The van der Waals surface area contributed by atoms with Gasteiger partial charge in [-0.3, -0.25) is 24.6 Å². The Kier molecular flexibility index (Phi) is 12.5. The highest BCUT2D eigenvalue weighted by atomic mass is 32.2. The summed E-state index contributed by atoms with van der Waals surface area (Å²) in [4.78, 5) is 50.1. The molecule has 5 aromatic rings. The molecule has 2 amide bonds. The maximum absolute atomic E-state index is 14.1. The third kappa shape index (κ3) is 9.59. The Hall–Kier alpha value is -6.04. The number of hydrogen-bond donors (Lipinski definition) is 5. The van der Waals surface area contributed by atoms with Gasteiger partial charge in [0.05, 0.1) is 21.0 Å². The Morgan fingerprint density at radius 3 is 2.45 bits per heavy atom. The Balaban J connectivity index is 0.929. The predicted molar refractivity (Wildman–Crippen MR) is 256 cm³/mol. The van der Waals surface area contributed by atoms with E-state index in [1.807, 2.05) is 0 Å². The van der Waals surface area contributed by atoms with Gasteiger partial charge in [-0.15, -0.1) is 0 Å². The lowest BCUT2D eigenvalue weighted by atomic mass is 9.70. The zero-order valence-corrected chi connectivity index (χ0v) is 39.1. The normalized spacial score (nSPS) is 23.0. The molecule has 3 aromatic carbocycles. The molecule has 6 N–H and O–H groups in total. The molecular weight excluding hydrogens is 873 g/mol. The van der Waals surface area contributed by atoms with Gasteiger partial charge in [0.1, 0.15) is 17.1 Å². The molecule has 67 heavy (non-hydrogen) atoms. The first-order chi connectivity index (χ1) is 32.0. The Bertz CT molecular complexity index is 2800. The number of carbonyl (C=O) groups is 2. The van der Waals surface area contributed by atoms with E-state index >= 15 is 0 Å². The number of piperidine rings is 1. The molecular formula is C50H60N8O8S. The molecule has 1 spiro atoms. The van der Waals surface area contributed by atoms with Crippen molar-refractivity contribution in [1.29, 1.82) is 0 Å². The van der Waals surface area contributed by atoms with Gasteiger partial charge in [-0.1, -0.05) is 44.5 Å². The Labute approximate surface area is 390 Å². The van der Waals surface area contributed by atoms with E-state index in [1.54, 1.807) is 37.4 Å². The number of hydrogen-bond acceptors (Lipinski definition) is 12. The number of fused-ring (bicyclic) bond motifs is 1. The van der Waals surface area contributed by atoms with Crippen LogP contribution in [0.1, 0.15) is 122 Å². The third-order valence-corrected chi connectivity index (χ3v) is 16.2. The van der Waals surface area contributed by atoms with Gasteiger partial charge in [-0.05, 0) is 129 Å². The number of aromatic nitrogens is 2. The van der Waals surface area contributed by atoms with Crippen molar-refractivity contribution in [2.75, 3.05) is 42.9 Å². The molecule has 2 saturated carbocycles. The number of nitrogens with zero attached hydrogens (tertiary/aromatic N) is 4. The van der Waals surface area contributed by atoms with Gasteiger partial charge in [0.15, 0.2) is 11.4 Å². The monoisotopic (exact) mass is 932 g/mol. The van der Waals surface area contributed by atoms with E-state index in [-0.39, 0.29) is 39.8 Å². The number of nitrogens with two attached hydrogens (primary N) is 1. The molecule has 2 atom stereocenters. The smallest absolute Gasteiger partial charge is 0.293 e. The third-order valence-electron chi connectivity index (χ3n) is 14.9. The fraction of sp³-hybridized carbons (Fsp3) is 0.460. The van der Waals surface area contributed by atoms with E-state index in [0.717, 1.165) is 63.6 Å². The second kappa shape index (κ2) is 18.2. The lowest BCUT2D eigenvalue weighted by molar-refractivity contribution is -0.384. The van der Waals surface area contributed by atoms with Gasteiger partial charge in [-0.25, -0.2) is 18.1 Å². The van der Waals surface area contributed by atoms with Crippen LogP contribution in [-0.2, 0) is 10.0 Å². The van der Waals surface area contributed by atoms with Crippen molar-refractivity contribution in [3.8, 4) is 11.5 Å². The van der Waals surface area contributed by atoms with Crippen LogP contribution in [0.5, 0.6) is 11.5 Å². The number of nitro benzene ring substituents is 1. The van der Waals surface area contributed by atoms with Gasteiger partial charge >= 0.3 is 0 Å². The molecule has 0 unspecified atom stereocenters. The highest BCUT2D eigenvalue weighted by Crippen LogP contribution is 2.49. The van der Waals surface area contributed by atoms with E-state index in [1.165, 1.54) is 48.6 Å². The minimum Gasteiger partial charge on any atom is -0.454 e. The lowest BCUT2D eigenvalue weighted by Gasteiger charge is -2.57. The number of amides is 2. The molecule has 4 aliphatic rings. The highest BCUT2D eigenvalue weighted by molar-refractivity contribution is 7.90. The predicted octanol–water partition coefficient (Wildman–Crippen LogP) is 8.20. The molecule has 4 fully saturated rings. The lowest BCUT2D eigenvalue weighted by Crippen LogP contribution is -2.63. The second-order valence-corrected chi connectivity index (χ2v) is 21.6. The number of carbonyl (C=O) groups excluding carboxylic acids is 2. The summed E-state index contributed by atoms with van der Waals surface area (Å²) < 4.78 is 36.1. The Morgan fingerprint density at radius 2 is 1.73 bits per heavy atom. The first-order valence-electron chi connectivity index (χ1n) is 23.5. The second-order valence-electron chi connectivity index (χ2n) is 19.9. The SMILES string of the molecule is CC(C)c1ccccc1[C@@H]1CCC[C@@H]1N1CC2(CCN(c3ccc(C(=O)NS(=O)(=O)c4ccc(NC[C@H]5CC[C@](C)(O)CC5)c([N+](=O)[O-])c4)c(Oc4cc5cc[nH]c5nc4C(N)=O)c3)CC2)C1. The van der Waals surface area contributed by atoms with E-state index in [4.69, 9.17) is 10.5 Å².